The molecule has 1 rings (SSSR count). The Kier molecular flexibility index (Phi) is 6.47. The van der Waals surface area contributed by atoms with Crippen molar-refractivity contribution in [2.45, 2.75) is 58.3 Å². The standard InChI is InChI=1S/C14H23NO3/c1-2-3-4-5-6-7-8-9-11(16)13-12(17)10-15-14(13)18/h16H,2-10H2,1H3,(H,15,18). The second kappa shape index (κ2) is 7.90. The molecule has 0 aromatic rings. The van der Waals surface area contributed by atoms with E-state index in [0.29, 0.717) is 6.42 Å². The van der Waals surface area contributed by atoms with Crippen molar-refractivity contribution < 1.29 is 14.7 Å². The van der Waals surface area contributed by atoms with E-state index in [1.165, 1.54) is 25.7 Å². The van der Waals surface area contributed by atoms with E-state index in [-0.39, 0.29) is 23.7 Å². The van der Waals surface area contributed by atoms with Crippen LogP contribution in [0.1, 0.15) is 58.3 Å². The molecule has 0 aromatic carbocycles. The highest BCUT2D eigenvalue weighted by Gasteiger charge is 2.28. The number of nitrogens with one attached hydrogen (secondary N) is 1. The van der Waals surface area contributed by atoms with Crippen LogP contribution < -0.4 is 5.32 Å². The minimum absolute atomic E-state index is 0.0231. The summed E-state index contributed by atoms with van der Waals surface area (Å²) in [6, 6.07) is 0. The Morgan fingerprint density at radius 1 is 1.11 bits per heavy atom. The number of aliphatic hydroxyl groups is 1. The molecule has 0 atom stereocenters. The minimum atomic E-state index is -0.430. The van der Waals surface area contributed by atoms with E-state index in [4.69, 9.17) is 0 Å². The van der Waals surface area contributed by atoms with Crippen LogP contribution in [0.4, 0.5) is 0 Å². The fraction of sp³-hybridized carbons (Fsp3) is 0.714. The van der Waals surface area contributed by atoms with Crippen LogP contribution in [-0.4, -0.2) is 23.3 Å². The van der Waals surface area contributed by atoms with Crippen molar-refractivity contribution in [1.29, 1.82) is 0 Å². The lowest BCUT2D eigenvalue weighted by Gasteiger charge is -2.03. The third-order valence-corrected chi connectivity index (χ3v) is 3.22. The minimum Gasteiger partial charge on any atom is -0.511 e. The number of ketones is 1. The van der Waals surface area contributed by atoms with Gasteiger partial charge in [0.15, 0.2) is 5.78 Å². The molecule has 4 nitrogen and oxygen atoms in total. The first-order valence-corrected chi connectivity index (χ1v) is 6.90. The molecule has 18 heavy (non-hydrogen) atoms. The van der Waals surface area contributed by atoms with E-state index in [0.717, 1.165) is 19.3 Å². The second-order valence-electron chi connectivity index (χ2n) is 4.80. The molecule has 1 aliphatic heterocycles. The Bertz CT molecular complexity index is 316. The molecule has 1 aliphatic rings. The number of carbonyl (C=O) groups excluding carboxylic acids is 2. The van der Waals surface area contributed by atoms with Crippen molar-refractivity contribution in [3.63, 3.8) is 0 Å². The zero-order chi connectivity index (χ0) is 13.4. The van der Waals surface area contributed by atoms with Gasteiger partial charge in [0.25, 0.3) is 5.91 Å². The fourth-order valence-corrected chi connectivity index (χ4v) is 2.13. The van der Waals surface area contributed by atoms with E-state index >= 15 is 0 Å². The number of hydrogen-bond acceptors (Lipinski definition) is 3. The first-order chi connectivity index (χ1) is 8.66. The maximum absolute atomic E-state index is 11.3. The average molecular weight is 253 g/mol. The Hall–Kier alpha value is -1.32. The number of aliphatic hydroxyl groups excluding tert-OH is 1. The molecule has 0 aromatic heterocycles. The zero-order valence-electron chi connectivity index (χ0n) is 11.1. The third-order valence-electron chi connectivity index (χ3n) is 3.22. The lowest BCUT2D eigenvalue weighted by molar-refractivity contribution is -0.117. The summed E-state index contributed by atoms with van der Waals surface area (Å²) in [5.41, 5.74) is -0.0269. The predicted molar refractivity (Wildman–Crippen MR) is 70.3 cm³/mol. The highest BCUT2D eigenvalue weighted by molar-refractivity contribution is 6.25. The average Bonchev–Trinajstić information content (AvgIpc) is 2.68. The highest BCUT2D eigenvalue weighted by Crippen LogP contribution is 2.16. The van der Waals surface area contributed by atoms with Crippen molar-refractivity contribution in [3.8, 4) is 0 Å². The van der Waals surface area contributed by atoms with Crippen LogP contribution in [0, 0.1) is 0 Å². The van der Waals surface area contributed by atoms with Gasteiger partial charge in [-0.05, 0) is 6.42 Å². The molecule has 4 heteroatoms. The molecule has 0 bridgehead atoms. The number of Topliss-reactive ketones (excluding diaryl/α,β-unsaturated/α-hetero) is 1. The summed E-state index contributed by atoms with van der Waals surface area (Å²) in [5, 5.41) is 12.1. The zero-order valence-corrected chi connectivity index (χ0v) is 11.1. The molecule has 0 spiro atoms. The van der Waals surface area contributed by atoms with Gasteiger partial charge < -0.3 is 10.4 Å². The van der Waals surface area contributed by atoms with Gasteiger partial charge in [-0.15, -0.1) is 0 Å². The van der Waals surface area contributed by atoms with Crippen LogP contribution in [0.25, 0.3) is 0 Å². The van der Waals surface area contributed by atoms with Crippen LogP contribution in [0.5, 0.6) is 0 Å². The van der Waals surface area contributed by atoms with Crippen molar-refractivity contribution >= 4 is 11.7 Å². The molecule has 2 N–H and O–H groups in total. The van der Waals surface area contributed by atoms with Gasteiger partial charge in [0.2, 0.25) is 0 Å². The number of rotatable bonds is 8. The maximum atomic E-state index is 11.3. The molecule has 1 fully saturated rings. The fourth-order valence-electron chi connectivity index (χ4n) is 2.13. The van der Waals surface area contributed by atoms with Gasteiger partial charge >= 0.3 is 0 Å². The summed E-state index contributed by atoms with van der Waals surface area (Å²) in [5.74, 6) is -0.760. The number of allylic oxidation sites excluding steroid dienone is 1. The first kappa shape index (κ1) is 14.7. The van der Waals surface area contributed by atoms with Crippen LogP contribution in [-0.2, 0) is 9.59 Å². The van der Waals surface area contributed by atoms with Crippen molar-refractivity contribution in [1.82, 2.24) is 5.32 Å². The molecule has 0 unspecified atom stereocenters. The van der Waals surface area contributed by atoms with E-state index in [1.807, 2.05) is 0 Å². The summed E-state index contributed by atoms with van der Waals surface area (Å²) < 4.78 is 0. The molecule has 0 saturated carbocycles. The smallest absolute Gasteiger partial charge is 0.258 e. The Balaban J connectivity index is 2.21. The molecule has 1 heterocycles. The van der Waals surface area contributed by atoms with Gasteiger partial charge in [0, 0.05) is 6.42 Å². The van der Waals surface area contributed by atoms with Crippen molar-refractivity contribution in [3.05, 3.63) is 11.3 Å². The Morgan fingerprint density at radius 3 is 2.28 bits per heavy atom. The Labute approximate surface area is 108 Å². The van der Waals surface area contributed by atoms with Gasteiger partial charge in [-0.3, -0.25) is 9.59 Å². The summed E-state index contributed by atoms with van der Waals surface area (Å²) >= 11 is 0. The van der Waals surface area contributed by atoms with Gasteiger partial charge in [-0.2, -0.15) is 0 Å². The van der Waals surface area contributed by atoms with Gasteiger partial charge in [0.05, 0.1) is 6.54 Å². The lowest BCUT2D eigenvalue weighted by atomic mass is 10.1. The summed E-state index contributed by atoms with van der Waals surface area (Å²) in [6.07, 6.45) is 8.48. The lowest BCUT2D eigenvalue weighted by Crippen LogP contribution is -2.15. The van der Waals surface area contributed by atoms with Crippen LogP contribution >= 0.6 is 0 Å². The van der Waals surface area contributed by atoms with E-state index in [1.54, 1.807) is 0 Å². The van der Waals surface area contributed by atoms with Crippen LogP contribution in [0.3, 0.4) is 0 Å². The molecule has 0 radical (unpaired) electrons. The van der Waals surface area contributed by atoms with Crippen molar-refractivity contribution in [2.75, 3.05) is 6.54 Å². The first-order valence-electron chi connectivity index (χ1n) is 6.90. The summed E-state index contributed by atoms with van der Waals surface area (Å²) in [7, 11) is 0. The summed E-state index contributed by atoms with van der Waals surface area (Å²) in [6.45, 7) is 2.21. The SMILES string of the molecule is CCCCCCCCCC(O)=C1C(=O)CNC1=O. The second-order valence-corrected chi connectivity index (χ2v) is 4.80. The summed E-state index contributed by atoms with van der Waals surface area (Å²) in [4.78, 5) is 22.6. The highest BCUT2D eigenvalue weighted by atomic mass is 16.3. The monoisotopic (exact) mass is 253 g/mol. The van der Waals surface area contributed by atoms with Crippen LogP contribution in [0.2, 0.25) is 0 Å². The number of unbranched alkanes of at least 4 members (excludes halogenated alkanes) is 6. The topological polar surface area (TPSA) is 66.4 Å². The third kappa shape index (κ3) is 4.51. The number of carbonyl (C=O) groups is 2. The van der Waals surface area contributed by atoms with Gasteiger partial charge in [0.1, 0.15) is 11.3 Å². The molecule has 1 saturated heterocycles. The Morgan fingerprint density at radius 2 is 1.72 bits per heavy atom. The largest absolute Gasteiger partial charge is 0.511 e. The molecular weight excluding hydrogens is 230 g/mol. The molecule has 1 amide bonds. The van der Waals surface area contributed by atoms with E-state index in [2.05, 4.69) is 12.2 Å². The maximum Gasteiger partial charge on any atom is 0.258 e. The van der Waals surface area contributed by atoms with E-state index < -0.39 is 5.91 Å². The number of hydrogen-bond donors (Lipinski definition) is 2. The quantitative estimate of drug-likeness (QED) is 0.302. The predicted octanol–water partition coefficient (Wildman–Crippen LogP) is 2.64. The molecule has 102 valence electrons. The van der Waals surface area contributed by atoms with Crippen molar-refractivity contribution in [2.24, 2.45) is 0 Å². The molecular formula is C14H23NO3. The number of amides is 1. The molecule has 0 aliphatic carbocycles. The van der Waals surface area contributed by atoms with E-state index in [9.17, 15) is 14.7 Å². The normalized spacial score (nSPS) is 18.1. The van der Waals surface area contributed by atoms with Gasteiger partial charge in [-0.25, -0.2) is 0 Å². The van der Waals surface area contributed by atoms with Gasteiger partial charge in [-0.1, -0.05) is 45.4 Å². The van der Waals surface area contributed by atoms with Crippen LogP contribution in [0.15, 0.2) is 11.3 Å².